The van der Waals surface area contributed by atoms with Gasteiger partial charge in [0.15, 0.2) is 0 Å². The van der Waals surface area contributed by atoms with Crippen molar-refractivity contribution in [2.45, 2.75) is 13.3 Å². The molecule has 1 aromatic heterocycles. The zero-order chi connectivity index (χ0) is 14.7. The first-order chi connectivity index (χ1) is 9.51. The Balaban J connectivity index is 2.25. The number of aromatic carboxylic acids is 1. The Morgan fingerprint density at radius 2 is 2.20 bits per heavy atom. The Hall–Kier alpha value is -2.22. The molecule has 0 aliphatic heterocycles. The lowest BCUT2D eigenvalue weighted by Gasteiger charge is -2.07. The van der Waals surface area contributed by atoms with Crippen LogP contribution in [0.25, 0.3) is 0 Å². The second-order valence-corrected chi connectivity index (χ2v) is 4.82. The van der Waals surface area contributed by atoms with Crippen LogP contribution in [0.1, 0.15) is 33.7 Å². The number of nitrogens with one attached hydrogen (secondary N) is 2. The summed E-state index contributed by atoms with van der Waals surface area (Å²) in [6, 6.07) is 4.55. The topological polar surface area (TPSA) is 108 Å². The first kappa shape index (κ1) is 14.2. The van der Waals surface area contributed by atoms with E-state index in [4.69, 9.17) is 5.11 Å². The Labute approximate surface area is 122 Å². The number of H-pyrrole nitrogens is 1. The van der Waals surface area contributed by atoms with Gasteiger partial charge < -0.3 is 10.4 Å². The number of carbonyl (C=O) groups is 2. The number of carbonyl (C=O) groups excluding carboxylic acids is 1. The molecule has 0 saturated carbocycles. The molecule has 104 valence electrons. The molecule has 3 N–H and O–H groups in total. The molecule has 0 fully saturated rings. The van der Waals surface area contributed by atoms with Crippen molar-refractivity contribution < 1.29 is 14.7 Å². The van der Waals surface area contributed by atoms with Crippen LogP contribution in [-0.2, 0) is 6.42 Å². The highest BCUT2D eigenvalue weighted by Crippen LogP contribution is 2.21. The fourth-order valence-corrected chi connectivity index (χ4v) is 1.90. The molecule has 0 aliphatic carbocycles. The first-order valence-electron chi connectivity index (χ1n) is 5.76. The molecule has 1 heterocycles. The van der Waals surface area contributed by atoms with Crippen molar-refractivity contribution in [3.05, 3.63) is 39.9 Å². The van der Waals surface area contributed by atoms with Crippen LogP contribution in [0.5, 0.6) is 0 Å². The number of anilines is 1. The van der Waals surface area contributed by atoms with Crippen molar-refractivity contribution in [1.29, 1.82) is 0 Å². The molecule has 0 radical (unpaired) electrons. The van der Waals surface area contributed by atoms with Gasteiger partial charge in [0, 0.05) is 10.9 Å². The van der Waals surface area contributed by atoms with E-state index in [9.17, 15) is 9.59 Å². The minimum absolute atomic E-state index is 0.0148. The van der Waals surface area contributed by atoms with E-state index in [0.29, 0.717) is 16.7 Å². The lowest BCUT2D eigenvalue weighted by molar-refractivity contribution is 0.0698. The average Bonchev–Trinajstić information content (AvgIpc) is 2.89. The van der Waals surface area contributed by atoms with E-state index in [2.05, 4.69) is 36.4 Å². The van der Waals surface area contributed by atoms with Gasteiger partial charge in [0.05, 0.1) is 11.3 Å². The van der Waals surface area contributed by atoms with Crippen LogP contribution >= 0.6 is 15.9 Å². The summed E-state index contributed by atoms with van der Waals surface area (Å²) < 4.78 is 0.610. The number of hydrogen-bond acceptors (Lipinski definition) is 4. The van der Waals surface area contributed by atoms with Crippen molar-refractivity contribution in [3.63, 3.8) is 0 Å². The maximum Gasteiger partial charge on any atom is 0.337 e. The number of hydrogen-bond donors (Lipinski definition) is 3. The second kappa shape index (κ2) is 5.83. The number of aromatic amines is 1. The number of halogens is 1. The number of benzene rings is 1. The van der Waals surface area contributed by atoms with Gasteiger partial charge in [-0.05, 0) is 18.2 Å². The summed E-state index contributed by atoms with van der Waals surface area (Å²) >= 11 is 3.18. The standard InChI is InChI=1S/C12H11BrN4O3/c1-2-9-15-10(17-16-9)11(18)14-8-4-3-6(13)5-7(8)12(19)20/h3-5H,2H2,1H3,(H,14,18)(H,19,20)(H,15,16,17). The zero-order valence-corrected chi connectivity index (χ0v) is 12.1. The maximum absolute atomic E-state index is 11.9. The highest BCUT2D eigenvalue weighted by atomic mass is 79.9. The third-order valence-corrected chi connectivity index (χ3v) is 3.02. The molecule has 1 amide bonds. The Kier molecular flexibility index (Phi) is 4.14. The van der Waals surface area contributed by atoms with Gasteiger partial charge >= 0.3 is 5.97 Å². The summed E-state index contributed by atoms with van der Waals surface area (Å²) in [5.74, 6) is -1.14. The van der Waals surface area contributed by atoms with E-state index in [-0.39, 0.29) is 17.1 Å². The molecule has 0 spiro atoms. The van der Waals surface area contributed by atoms with E-state index in [1.165, 1.54) is 12.1 Å². The van der Waals surface area contributed by atoms with Crippen molar-refractivity contribution in [1.82, 2.24) is 15.2 Å². The van der Waals surface area contributed by atoms with Crippen molar-refractivity contribution in [2.24, 2.45) is 0 Å². The third kappa shape index (κ3) is 3.02. The number of aryl methyl sites for hydroxylation is 1. The molecule has 0 saturated heterocycles. The normalized spacial score (nSPS) is 10.3. The molecular weight excluding hydrogens is 328 g/mol. The molecule has 0 bridgehead atoms. The number of carboxylic acids is 1. The molecule has 0 aliphatic rings. The van der Waals surface area contributed by atoms with Crippen LogP contribution in [0.3, 0.4) is 0 Å². The van der Waals surface area contributed by atoms with Crippen molar-refractivity contribution in [3.8, 4) is 0 Å². The highest BCUT2D eigenvalue weighted by Gasteiger charge is 2.16. The quantitative estimate of drug-likeness (QED) is 0.790. The molecule has 1 aromatic carbocycles. The fourth-order valence-electron chi connectivity index (χ4n) is 1.54. The molecule has 0 unspecified atom stereocenters. The summed E-state index contributed by atoms with van der Waals surface area (Å²) in [5, 5.41) is 18.0. The molecule has 0 atom stereocenters. The predicted octanol–water partition coefficient (Wildman–Crippen LogP) is 2.08. The smallest absolute Gasteiger partial charge is 0.337 e. The molecule has 8 heteroatoms. The number of rotatable bonds is 4. The van der Waals surface area contributed by atoms with E-state index in [1.54, 1.807) is 6.07 Å². The Morgan fingerprint density at radius 3 is 2.80 bits per heavy atom. The molecule has 20 heavy (non-hydrogen) atoms. The summed E-state index contributed by atoms with van der Waals surface area (Å²) in [4.78, 5) is 27.1. The second-order valence-electron chi connectivity index (χ2n) is 3.91. The predicted molar refractivity (Wildman–Crippen MR) is 74.8 cm³/mol. The van der Waals surface area contributed by atoms with Crippen LogP contribution < -0.4 is 5.32 Å². The fraction of sp³-hybridized carbons (Fsp3) is 0.167. The molecule has 7 nitrogen and oxygen atoms in total. The molecular formula is C12H11BrN4O3. The number of nitrogens with zero attached hydrogens (tertiary/aromatic N) is 2. The highest BCUT2D eigenvalue weighted by molar-refractivity contribution is 9.10. The summed E-state index contributed by atoms with van der Waals surface area (Å²) in [5.41, 5.74) is 0.174. The van der Waals surface area contributed by atoms with Gasteiger partial charge in [-0.15, -0.1) is 5.10 Å². The van der Waals surface area contributed by atoms with E-state index < -0.39 is 11.9 Å². The number of aromatic nitrogens is 3. The van der Waals surface area contributed by atoms with Gasteiger partial charge in [0.1, 0.15) is 5.82 Å². The number of carboxylic acid groups (broad SMARTS) is 1. The minimum Gasteiger partial charge on any atom is -0.478 e. The summed E-state index contributed by atoms with van der Waals surface area (Å²) in [6.07, 6.45) is 0.624. The number of amides is 1. The molecule has 2 rings (SSSR count). The van der Waals surface area contributed by atoms with Crippen molar-refractivity contribution >= 4 is 33.5 Å². The maximum atomic E-state index is 11.9. The zero-order valence-electron chi connectivity index (χ0n) is 10.5. The van der Waals surface area contributed by atoms with E-state index >= 15 is 0 Å². The molecule has 2 aromatic rings. The van der Waals surface area contributed by atoms with Gasteiger partial charge in [-0.2, -0.15) is 0 Å². The minimum atomic E-state index is -1.13. The Bertz CT molecular complexity index is 668. The van der Waals surface area contributed by atoms with Crippen molar-refractivity contribution in [2.75, 3.05) is 5.32 Å². The van der Waals surface area contributed by atoms with Gasteiger partial charge in [0.2, 0.25) is 5.82 Å². The van der Waals surface area contributed by atoms with Gasteiger partial charge in [-0.3, -0.25) is 9.89 Å². The van der Waals surface area contributed by atoms with Crippen LogP contribution in [0.4, 0.5) is 5.69 Å². The van der Waals surface area contributed by atoms with Crippen LogP contribution in [-0.4, -0.2) is 32.2 Å². The van der Waals surface area contributed by atoms with E-state index in [1.807, 2.05) is 6.92 Å². The summed E-state index contributed by atoms with van der Waals surface area (Å²) in [6.45, 7) is 1.87. The van der Waals surface area contributed by atoms with Gasteiger partial charge in [-0.1, -0.05) is 22.9 Å². The third-order valence-electron chi connectivity index (χ3n) is 2.53. The van der Waals surface area contributed by atoms with Crippen LogP contribution in [0, 0.1) is 0 Å². The first-order valence-corrected chi connectivity index (χ1v) is 6.56. The van der Waals surface area contributed by atoms with Gasteiger partial charge in [-0.25, -0.2) is 9.78 Å². The Morgan fingerprint density at radius 1 is 1.45 bits per heavy atom. The van der Waals surface area contributed by atoms with Crippen LogP contribution in [0.2, 0.25) is 0 Å². The lowest BCUT2D eigenvalue weighted by atomic mass is 10.2. The summed E-state index contributed by atoms with van der Waals surface area (Å²) in [7, 11) is 0. The lowest BCUT2D eigenvalue weighted by Crippen LogP contribution is -2.16. The average molecular weight is 339 g/mol. The van der Waals surface area contributed by atoms with E-state index in [0.717, 1.165) is 0 Å². The van der Waals surface area contributed by atoms with Gasteiger partial charge in [0.25, 0.3) is 5.91 Å². The van der Waals surface area contributed by atoms with Crippen LogP contribution in [0.15, 0.2) is 22.7 Å². The monoisotopic (exact) mass is 338 g/mol. The SMILES string of the molecule is CCc1nc(C(=O)Nc2ccc(Br)cc2C(=O)O)n[nH]1. The largest absolute Gasteiger partial charge is 0.478 e.